The van der Waals surface area contributed by atoms with Crippen LogP contribution in [0.3, 0.4) is 0 Å². The molecule has 1 rings (SSSR count). The first-order valence-corrected chi connectivity index (χ1v) is 7.15. The number of hydrogen-bond donors (Lipinski definition) is 1. The number of rotatable bonds is 4. The van der Waals surface area contributed by atoms with E-state index in [1.165, 1.54) is 0 Å². The van der Waals surface area contributed by atoms with E-state index < -0.39 is 0 Å². The highest BCUT2D eigenvalue weighted by atomic mass is 79.9. The van der Waals surface area contributed by atoms with Crippen LogP contribution >= 0.6 is 31.9 Å². The standard InChI is InChI=1S/C13H18Br2O2/c1-5-13(2,3)7-8-6-9(14)11(16)12(17-4)10(8)15/h6,16H,5,7H2,1-4H3. The fourth-order valence-electron chi connectivity index (χ4n) is 1.60. The Morgan fingerprint density at radius 1 is 1.35 bits per heavy atom. The number of hydrogen-bond acceptors (Lipinski definition) is 2. The van der Waals surface area contributed by atoms with Crippen LogP contribution in [0.1, 0.15) is 32.8 Å². The summed E-state index contributed by atoms with van der Waals surface area (Å²) in [5.74, 6) is 0.624. The second-order valence-electron chi connectivity index (χ2n) is 4.91. The lowest BCUT2D eigenvalue weighted by Crippen LogP contribution is -2.14. The molecule has 0 atom stereocenters. The molecular weight excluding hydrogens is 348 g/mol. The van der Waals surface area contributed by atoms with Crippen LogP contribution in [0, 0.1) is 5.41 Å². The van der Waals surface area contributed by atoms with Crippen molar-refractivity contribution >= 4 is 31.9 Å². The summed E-state index contributed by atoms with van der Waals surface area (Å²) in [6, 6.07) is 1.94. The van der Waals surface area contributed by atoms with Gasteiger partial charge in [-0.15, -0.1) is 0 Å². The average Bonchev–Trinajstić information content (AvgIpc) is 2.26. The SMILES string of the molecule is CCC(C)(C)Cc1cc(Br)c(O)c(OC)c1Br. The quantitative estimate of drug-likeness (QED) is 0.821. The molecule has 0 amide bonds. The molecule has 4 heteroatoms. The van der Waals surface area contributed by atoms with Crippen LogP contribution in [0.4, 0.5) is 0 Å². The topological polar surface area (TPSA) is 29.5 Å². The van der Waals surface area contributed by atoms with Gasteiger partial charge in [-0.1, -0.05) is 27.2 Å². The summed E-state index contributed by atoms with van der Waals surface area (Å²) in [4.78, 5) is 0. The summed E-state index contributed by atoms with van der Waals surface area (Å²) in [6.07, 6.45) is 2.03. The summed E-state index contributed by atoms with van der Waals surface area (Å²) in [5.41, 5.74) is 1.36. The van der Waals surface area contributed by atoms with E-state index in [1.54, 1.807) is 7.11 Å². The Bertz CT molecular complexity index is 414. The first kappa shape index (κ1) is 14.8. The number of ether oxygens (including phenoxy) is 1. The van der Waals surface area contributed by atoms with Gasteiger partial charge in [0.1, 0.15) is 0 Å². The molecular formula is C13H18Br2O2. The molecule has 96 valence electrons. The Kier molecular flexibility index (Phi) is 4.90. The van der Waals surface area contributed by atoms with Crippen LogP contribution in [-0.4, -0.2) is 12.2 Å². The largest absolute Gasteiger partial charge is 0.503 e. The minimum Gasteiger partial charge on any atom is -0.503 e. The van der Waals surface area contributed by atoms with Crippen molar-refractivity contribution < 1.29 is 9.84 Å². The van der Waals surface area contributed by atoms with Gasteiger partial charge in [-0.3, -0.25) is 0 Å². The van der Waals surface area contributed by atoms with E-state index in [-0.39, 0.29) is 11.2 Å². The molecule has 0 aliphatic heterocycles. The molecule has 2 nitrogen and oxygen atoms in total. The number of phenols is 1. The van der Waals surface area contributed by atoms with Crippen molar-refractivity contribution in [3.8, 4) is 11.5 Å². The molecule has 0 bridgehead atoms. The van der Waals surface area contributed by atoms with Crippen molar-refractivity contribution in [2.24, 2.45) is 5.41 Å². The van der Waals surface area contributed by atoms with E-state index >= 15 is 0 Å². The van der Waals surface area contributed by atoms with Crippen molar-refractivity contribution in [3.63, 3.8) is 0 Å². The smallest absolute Gasteiger partial charge is 0.176 e. The molecule has 1 aromatic carbocycles. The molecule has 0 saturated carbocycles. The van der Waals surface area contributed by atoms with Crippen LogP contribution in [0.25, 0.3) is 0 Å². The summed E-state index contributed by atoms with van der Waals surface area (Å²) in [6.45, 7) is 6.64. The predicted molar refractivity (Wildman–Crippen MR) is 77.8 cm³/mol. The summed E-state index contributed by atoms with van der Waals surface area (Å²) < 4.78 is 6.72. The zero-order chi connectivity index (χ0) is 13.2. The van der Waals surface area contributed by atoms with Gasteiger partial charge in [0, 0.05) is 0 Å². The third-order valence-electron chi connectivity index (χ3n) is 3.05. The molecule has 0 aromatic heterocycles. The van der Waals surface area contributed by atoms with Gasteiger partial charge in [-0.05, 0) is 55.3 Å². The normalized spacial score (nSPS) is 11.6. The Hall–Kier alpha value is -0.220. The highest BCUT2D eigenvalue weighted by Crippen LogP contribution is 2.44. The van der Waals surface area contributed by atoms with Gasteiger partial charge in [0.15, 0.2) is 11.5 Å². The maximum Gasteiger partial charge on any atom is 0.176 e. The summed E-state index contributed by atoms with van der Waals surface area (Å²) in [7, 11) is 1.56. The maximum absolute atomic E-state index is 9.86. The average molecular weight is 366 g/mol. The van der Waals surface area contributed by atoms with Gasteiger partial charge in [0.25, 0.3) is 0 Å². The molecule has 1 N–H and O–H groups in total. The van der Waals surface area contributed by atoms with Crippen molar-refractivity contribution in [3.05, 3.63) is 20.6 Å². The fourth-order valence-corrected chi connectivity index (χ4v) is 2.66. The summed E-state index contributed by atoms with van der Waals surface area (Å²) in [5, 5.41) is 9.86. The third kappa shape index (κ3) is 3.38. The molecule has 0 radical (unpaired) electrons. The third-order valence-corrected chi connectivity index (χ3v) is 4.53. The Morgan fingerprint density at radius 2 is 1.94 bits per heavy atom. The van der Waals surface area contributed by atoms with Crippen LogP contribution < -0.4 is 4.74 Å². The Labute approximate surface area is 120 Å². The number of aromatic hydroxyl groups is 1. The lowest BCUT2D eigenvalue weighted by atomic mass is 9.83. The van der Waals surface area contributed by atoms with Gasteiger partial charge >= 0.3 is 0 Å². The highest BCUT2D eigenvalue weighted by Gasteiger charge is 2.21. The van der Waals surface area contributed by atoms with Gasteiger partial charge in [-0.2, -0.15) is 0 Å². The van der Waals surface area contributed by atoms with Crippen LogP contribution in [0.15, 0.2) is 15.0 Å². The first-order valence-electron chi connectivity index (χ1n) is 5.56. The number of benzene rings is 1. The minimum atomic E-state index is 0.137. The van der Waals surface area contributed by atoms with E-state index in [0.29, 0.717) is 10.2 Å². The number of halogens is 2. The Balaban J connectivity index is 3.22. The van der Waals surface area contributed by atoms with E-state index in [2.05, 4.69) is 52.6 Å². The van der Waals surface area contributed by atoms with Gasteiger partial charge in [-0.25, -0.2) is 0 Å². The van der Waals surface area contributed by atoms with Crippen LogP contribution in [-0.2, 0) is 6.42 Å². The van der Waals surface area contributed by atoms with Crippen molar-refractivity contribution in [1.29, 1.82) is 0 Å². The molecule has 0 aliphatic rings. The van der Waals surface area contributed by atoms with E-state index in [1.807, 2.05) is 6.07 Å². The van der Waals surface area contributed by atoms with E-state index in [4.69, 9.17) is 4.74 Å². The highest BCUT2D eigenvalue weighted by molar-refractivity contribution is 9.11. The molecule has 0 aliphatic carbocycles. The van der Waals surface area contributed by atoms with Gasteiger partial charge in [0.2, 0.25) is 0 Å². The molecule has 0 saturated heterocycles. The van der Waals surface area contributed by atoms with Crippen molar-refractivity contribution in [2.75, 3.05) is 7.11 Å². The van der Waals surface area contributed by atoms with E-state index in [9.17, 15) is 5.11 Å². The van der Waals surface area contributed by atoms with Crippen LogP contribution in [0.5, 0.6) is 11.5 Å². The molecule has 0 unspecified atom stereocenters. The van der Waals surface area contributed by atoms with Crippen LogP contribution in [0.2, 0.25) is 0 Å². The molecule has 0 fully saturated rings. The first-order chi connectivity index (χ1) is 7.82. The van der Waals surface area contributed by atoms with Crippen molar-refractivity contribution in [2.45, 2.75) is 33.6 Å². The summed E-state index contributed by atoms with van der Waals surface area (Å²) >= 11 is 6.85. The lowest BCUT2D eigenvalue weighted by Gasteiger charge is -2.24. The molecule has 0 heterocycles. The van der Waals surface area contributed by atoms with Gasteiger partial charge in [0.05, 0.1) is 16.1 Å². The monoisotopic (exact) mass is 364 g/mol. The lowest BCUT2D eigenvalue weighted by molar-refractivity contribution is 0.343. The fraction of sp³-hybridized carbons (Fsp3) is 0.538. The second kappa shape index (κ2) is 5.61. The molecule has 0 spiro atoms. The maximum atomic E-state index is 9.86. The molecule has 17 heavy (non-hydrogen) atoms. The van der Waals surface area contributed by atoms with Crippen molar-refractivity contribution in [1.82, 2.24) is 0 Å². The number of phenolic OH excluding ortho intramolecular Hbond substituents is 1. The second-order valence-corrected chi connectivity index (χ2v) is 6.56. The zero-order valence-electron chi connectivity index (χ0n) is 10.6. The predicted octanol–water partition coefficient (Wildman–Crippen LogP) is 4.90. The van der Waals surface area contributed by atoms with Gasteiger partial charge < -0.3 is 9.84 Å². The minimum absolute atomic E-state index is 0.137. The molecule has 1 aromatic rings. The van der Waals surface area contributed by atoms with E-state index in [0.717, 1.165) is 22.9 Å². The Morgan fingerprint density at radius 3 is 2.41 bits per heavy atom. The zero-order valence-corrected chi connectivity index (χ0v) is 13.8. The number of methoxy groups -OCH3 is 1.